The van der Waals surface area contributed by atoms with Crippen molar-refractivity contribution in [2.45, 2.75) is 19.3 Å². The lowest BCUT2D eigenvalue weighted by Crippen LogP contribution is -2.29. The van der Waals surface area contributed by atoms with Crippen LogP contribution in [0.25, 0.3) is 0 Å². The van der Waals surface area contributed by atoms with Gasteiger partial charge in [-0.15, -0.1) is 0 Å². The van der Waals surface area contributed by atoms with Crippen molar-refractivity contribution in [3.63, 3.8) is 0 Å². The van der Waals surface area contributed by atoms with Gasteiger partial charge in [0, 0.05) is 29.5 Å². The van der Waals surface area contributed by atoms with Crippen LogP contribution in [-0.4, -0.2) is 31.6 Å². The Labute approximate surface area is 162 Å². The third-order valence-electron chi connectivity index (χ3n) is 4.35. The van der Waals surface area contributed by atoms with Crippen LogP contribution in [0.3, 0.4) is 0 Å². The van der Waals surface area contributed by atoms with Gasteiger partial charge in [0.15, 0.2) is 6.61 Å². The maximum absolute atomic E-state index is 13.6. The molecule has 0 atom stereocenters. The van der Waals surface area contributed by atoms with E-state index in [-0.39, 0.29) is 10.6 Å². The van der Waals surface area contributed by atoms with Crippen LogP contribution in [0, 0.1) is 5.82 Å². The molecule has 1 N–H and O–H groups in total. The Kier molecular flexibility index (Phi) is 6.29. The van der Waals surface area contributed by atoms with Crippen LogP contribution in [-0.2, 0) is 9.53 Å². The zero-order chi connectivity index (χ0) is 19.2. The second-order valence-electron chi connectivity index (χ2n) is 6.34. The summed E-state index contributed by atoms with van der Waals surface area (Å²) in [5.41, 5.74) is 1.42. The second-order valence-corrected chi connectivity index (χ2v) is 6.78. The SMILES string of the molecule is O=C(COC(=O)c1cc(Cl)ccc1F)Nc1ccc(N2CCCCC2)cc1. The number of anilines is 2. The predicted octanol–water partition coefficient (Wildman–Crippen LogP) is 4.26. The number of halogens is 2. The molecule has 1 aliphatic rings. The van der Waals surface area contributed by atoms with Crippen LogP contribution < -0.4 is 10.2 Å². The van der Waals surface area contributed by atoms with Crippen molar-refractivity contribution in [1.82, 2.24) is 0 Å². The van der Waals surface area contributed by atoms with Gasteiger partial charge >= 0.3 is 5.97 Å². The lowest BCUT2D eigenvalue weighted by atomic mass is 10.1. The highest BCUT2D eigenvalue weighted by atomic mass is 35.5. The number of hydrogen-bond donors (Lipinski definition) is 1. The van der Waals surface area contributed by atoms with Crippen LogP contribution in [0.2, 0.25) is 5.02 Å². The van der Waals surface area contributed by atoms with Gasteiger partial charge in [0.05, 0.1) is 5.56 Å². The van der Waals surface area contributed by atoms with Gasteiger partial charge in [-0.1, -0.05) is 11.6 Å². The zero-order valence-corrected chi connectivity index (χ0v) is 15.5. The number of benzene rings is 2. The summed E-state index contributed by atoms with van der Waals surface area (Å²) in [6.45, 7) is 1.57. The first-order valence-corrected chi connectivity index (χ1v) is 9.18. The number of nitrogens with one attached hydrogen (secondary N) is 1. The summed E-state index contributed by atoms with van der Waals surface area (Å²) in [4.78, 5) is 26.2. The zero-order valence-electron chi connectivity index (χ0n) is 14.7. The van der Waals surface area contributed by atoms with E-state index in [0.29, 0.717) is 5.69 Å². The van der Waals surface area contributed by atoms with Crippen LogP contribution in [0.5, 0.6) is 0 Å². The second kappa shape index (κ2) is 8.86. The summed E-state index contributed by atoms with van der Waals surface area (Å²) >= 11 is 5.74. The first kappa shape index (κ1) is 19.2. The number of rotatable bonds is 5. The molecular formula is C20H20ClFN2O3. The Morgan fingerprint density at radius 3 is 2.48 bits per heavy atom. The number of amides is 1. The van der Waals surface area contributed by atoms with Crippen LogP contribution >= 0.6 is 11.6 Å². The van der Waals surface area contributed by atoms with Crippen molar-refractivity contribution in [2.75, 3.05) is 29.9 Å². The molecule has 1 heterocycles. The fraction of sp³-hybridized carbons (Fsp3) is 0.300. The van der Waals surface area contributed by atoms with Crippen molar-refractivity contribution in [1.29, 1.82) is 0 Å². The molecule has 0 spiro atoms. The molecule has 5 nitrogen and oxygen atoms in total. The average molecular weight is 391 g/mol. The van der Waals surface area contributed by atoms with Crippen LogP contribution in [0.4, 0.5) is 15.8 Å². The number of nitrogens with zero attached hydrogens (tertiary/aromatic N) is 1. The van der Waals surface area contributed by atoms with E-state index in [2.05, 4.69) is 10.2 Å². The maximum atomic E-state index is 13.6. The number of carbonyl (C=O) groups excluding carboxylic acids is 2. The van der Waals surface area contributed by atoms with Crippen molar-refractivity contribution in [2.24, 2.45) is 0 Å². The topological polar surface area (TPSA) is 58.6 Å². The van der Waals surface area contributed by atoms with E-state index >= 15 is 0 Å². The van der Waals surface area contributed by atoms with E-state index in [0.717, 1.165) is 30.9 Å². The monoisotopic (exact) mass is 390 g/mol. The molecular weight excluding hydrogens is 371 g/mol. The molecule has 3 rings (SSSR count). The molecule has 1 aliphatic heterocycles. The van der Waals surface area contributed by atoms with Gasteiger partial charge < -0.3 is 15.0 Å². The molecule has 0 aliphatic carbocycles. The summed E-state index contributed by atoms with van der Waals surface area (Å²) in [7, 11) is 0. The Morgan fingerprint density at radius 2 is 1.78 bits per heavy atom. The van der Waals surface area contributed by atoms with Gasteiger partial charge in [0.1, 0.15) is 5.82 Å². The van der Waals surface area contributed by atoms with Crippen LogP contribution in [0.1, 0.15) is 29.6 Å². The normalized spacial score (nSPS) is 13.9. The summed E-state index contributed by atoms with van der Waals surface area (Å²) in [5, 5.41) is 2.86. The first-order chi connectivity index (χ1) is 13.0. The Bertz CT molecular complexity index is 820. The van der Waals surface area contributed by atoms with Crippen LogP contribution in [0.15, 0.2) is 42.5 Å². The molecule has 142 valence electrons. The predicted molar refractivity (Wildman–Crippen MR) is 103 cm³/mol. The lowest BCUT2D eigenvalue weighted by molar-refractivity contribution is -0.119. The van der Waals surface area contributed by atoms with Gasteiger partial charge in [-0.2, -0.15) is 0 Å². The summed E-state index contributed by atoms with van der Waals surface area (Å²) < 4.78 is 18.5. The highest BCUT2D eigenvalue weighted by Crippen LogP contribution is 2.22. The summed E-state index contributed by atoms with van der Waals surface area (Å²) in [6, 6.07) is 11.1. The van der Waals surface area contributed by atoms with E-state index in [1.54, 1.807) is 12.1 Å². The maximum Gasteiger partial charge on any atom is 0.341 e. The van der Waals surface area contributed by atoms with E-state index in [1.807, 2.05) is 12.1 Å². The minimum absolute atomic E-state index is 0.210. The molecule has 1 saturated heterocycles. The molecule has 2 aromatic rings. The highest BCUT2D eigenvalue weighted by Gasteiger charge is 2.16. The molecule has 7 heteroatoms. The van der Waals surface area contributed by atoms with E-state index in [9.17, 15) is 14.0 Å². The summed E-state index contributed by atoms with van der Waals surface area (Å²) in [5.74, 6) is -2.19. The molecule has 27 heavy (non-hydrogen) atoms. The summed E-state index contributed by atoms with van der Waals surface area (Å²) in [6.07, 6.45) is 3.65. The lowest BCUT2D eigenvalue weighted by Gasteiger charge is -2.28. The van der Waals surface area contributed by atoms with Crippen molar-refractivity contribution in [3.05, 3.63) is 58.9 Å². The molecule has 1 amide bonds. The number of ether oxygens (including phenoxy) is 1. The number of piperidine rings is 1. The van der Waals surface area contributed by atoms with Crippen molar-refractivity contribution in [3.8, 4) is 0 Å². The Balaban J connectivity index is 1.51. The molecule has 0 aromatic heterocycles. The fourth-order valence-electron chi connectivity index (χ4n) is 2.97. The highest BCUT2D eigenvalue weighted by molar-refractivity contribution is 6.30. The number of esters is 1. The quantitative estimate of drug-likeness (QED) is 0.775. The van der Waals surface area contributed by atoms with Gasteiger partial charge in [0.2, 0.25) is 0 Å². The largest absolute Gasteiger partial charge is 0.452 e. The molecule has 0 unspecified atom stereocenters. The molecule has 0 radical (unpaired) electrons. The standard InChI is InChI=1S/C20H20ClFN2O3/c21-14-4-9-18(22)17(12-14)20(26)27-13-19(25)23-15-5-7-16(8-6-15)24-10-2-1-3-11-24/h4-9,12H,1-3,10-11,13H2,(H,23,25). The fourth-order valence-corrected chi connectivity index (χ4v) is 3.14. The third kappa shape index (κ3) is 5.20. The Morgan fingerprint density at radius 1 is 1.07 bits per heavy atom. The minimum atomic E-state index is -0.939. The number of hydrogen-bond acceptors (Lipinski definition) is 4. The van der Waals surface area contributed by atoms with Crippen molar-refractivity contribution >= 4 is 34.9 Å². The van der Waals surface area contributed by atoms with Gasteiger partial charge in [0.25, 0.3) is 5.91 Å². The van der Waals surface area contributed by atoms with E-state index < -0.39 is 24.3 Å². The van der Waals surface area contributed by atoms with E-state index in [4.69, 9.17) is 16.3 Å². The van der Waals surface area contributed by atoms with Gasteiger partial charge in [-0.3, -0.25) is 4.79 Å². The minimum Gasteiger partial charge on any atom is -0.452 e. The van der Waals surface area contributed by atoms with Crippen molar-refractivity contribution < 1.29 is 18.7 Å². The third-order valence-corrected chi connectivity index (χ3v) is 4.59. The average Bonchev–Trinajstić information content (AvgIpc) is 2.69. The smallest absolute Gasteiger partial charge is 0.341 e. The van der Waals surface area contributed by atoms with Gasteiger partial charge in [-0.05, 0) is 61.7 Å². The number of carbonyl (C=O) groups is 2. The first-order valence-electron chi connectivity index (χ1n) is 8.80. The molecule has 0 bridgehead atoms. The molecule has 2 aromatic carbocycles. The Hall–Kier alpha value is -2.60. The molecule has 1 fully saturated rings. The van der Waals surface area contributed by atoms with E-state index in [1.165, 1.54) is 25.3 Å². The molecule has 0 saturated carbocycles. The van der Waals surface area contributed by atoms with Gasteiger partial charge in [-0.25, -0.2) is 9.18 Å².